The zero-order valence-corrected chi connectivity index (χ0v) is 7.41. The Balaban J connectivity index is 3.06. The van der Waals surface area contributed by atoms with Gasteiger partial charge in [-0.25, -0.2) is 0 Å². The molecule has 0 aliphatic rings. The summed E-state index contributed by atoms with van der Waals surface area (Å²) in [6.45, 7) is -0.00687. The quantitative estimate of drug-likeness (QED) is 0.522. The van der Waals surface area contributed by atoms with Crippen LogP contribution < -0.4 is 16.2 Å². The maximum absolute atomic E-state index is 11.2. The average Bonchev–Trinajstić information content (AvgIpc) is 2.17. The van der Waals surface area contributed by atoms with Gasteiger partial charge in [0, 0.05) is 5.56 Å². The summed E-state index contributed by atoms with van der Waals surface area (Å²) in [5.74, 6) is 0.373. The number of hydrogen-bond donors (Lipinski definition) is 2. The molecule has 1 rings (SSSR count). The van der Waals surface area contributed by atoms with Crippen LogP contribution in [0, 0.1) is 0 Å². The van der Waals surface area contributed by atoms with Gasteiger partial charge in [0.1, 0.15) is 5.75 Å². The Labute approximate surface area is 76.5 Å². The maximum Gasteiger partial charge on any atom is 0.176 e. The zero-order valence-electron chi connectivity index (χ0n) is 7.41. The number of ether oxygens (including phenoxy) is 1. The van der Waals surface area contributed by atoms with Gasteiger partial charge in [0.05, 0.1) is 19.3 Å². The van der Waals surface area contributed by atoms with Gasteiger partial charge in [0.25, 0.3) is 0 Å². The van der Waals surface area contributed by atoms with Gasteiger partial charge < -0.3 is 16.2 Å². The first-order valence-electron chi connectivity index (χ1n) is 3.86. The van der Waals surface area contributed by atoms with Crippen molar-refractivity contribution in [3.63, 3.8) is 0 Å². The van der Waals surface area contributed by atoms with Crippen molar-refractivity contribution < 1.29 is 9.53 Å². The van der Waals surface area contributed by atoms with E-state index in [2.05, 4.69) is 0 Å². The Morgan fingerprint density at radius 1 is 1.54 bits per heavy atom. The van der Waals surface area contributed by atoms with Crippen LogP contribution in [0.1, 0.15) is 10.4 Å². The van der Waals surface area contributed by atoms with Gasteiger partial charge >= 0.3 is 0 Å². The molecule has 0 atom stereocenters. The molecule has 0 unspecified atom stereocenters. The summed E-state index contributed by atoms with van der Waals surface area (Å²) in [6.07, 6.45) is 0. The number of nitrogens with two attached hydrogens (primary N) is 2. The van der Waals surface area contributed by atoms with Gasteiger partial charge in [-0.2, -0.15) is 0 Å². The molecule has 0 spiro atoms. The molecule has 1 aromatic rings. The Morgan fingerprint density at radius 3 is 2.77 bits per heavy atom. The van der Waals surface area contributed by atoms with E-state index >= 15 is 0 Å². The highest BCUT2D eigenvalue weighted by molar-refractivity contribution is 5.98. The van der Waals surface area contributed by atoms with Crippen LogP contribution in [0.2, 0.25) is 0 Å². The van der Waals surface area contributed by atoms with E-state index < -0.39 is 0 Å². The van der Waals surface area contributed by atoms with Crippen LogP contribution in [0.25, 0.3) is 0 Å². The van der Waals surface area contributed by atoms with Crippen molar-refractivity contribution in [3.8, 4) is 5.75 Å². The lowest BCUT2D eigenvalue weighted by Gasteiger charge is -2.05. The molecule has 0 fully saturated rings. The van der Waals surface area contributed by atoms with Gasteiger partial charge in [-0.3, -0.25) is 4.79 Å². The molecule has 4 nitrogen and oxygen atoms in total. The number of Topliss-reactive ketones (excluding diaryl/α,β-unsaturated/α-hetero) is 1. The summed E-state index contributed by atoms with van der Waals surface area (Å²) < 4.78 is 4.96. The van der Waals surface area contributed by atoms with Gasteiger partial charge in [-0.1, -0.05) is 0 Å². The van der Waals surface area contributed by atoms with Crippen molar-refractivity contribution in [2.24, 2.45) is 5.73 Å². The minimum absolute atomic E-state index is 0.00687. The van der Waals surface area contributed by atoms with E-state index in [0.717, 1.165) is 0 Å². The van der Waals surface area contributed by atoms with Crippen molar-refractivity contribution in [1.29, 1.82) is 0 Å². The van der Waals surface area contributed by atoms with E-state index in [1.165, 1.54) is 7.11 Å². The number of hydrogen-bond acceptors (Lipinski definition) is 4. The first kappa shape index (κ1) is 9.54. The summed E-state index contributed by atoms with van der Waals surface area (Å²) in [7, 11) is 1.50. The lowest BCUT2D eigenvalue weighted by molar-refractivity contribution is 0.100. The SMILES string of the molecule is COc1cc(C(=O)CN)ccc1N. The Kier molecular flexibility index (Phi) is 2.87. The van der Waals surface area contributed by atoms with E-state index in [1.54, 1.807) is 18.2 Å². The van der Waals surface area contributed by atoms with E-state index in [9.17, 15) is 4.79 Å². The topological polar surface area (TPSA) is 78.3 Å². The fourth-order valence-corrected chi connectivity index (χ4v) is 1.00. The largest absolute Gasteiger partial charge is 0.495 e. The highest BCUT2D eigenvalue weighted by atomic mass is 16.5. The molecule has 4 heteroatoms. The summed E-state index contributed by atoms with van der Waals surface area (Å²) in [5, 5.41) is 0. The number of anilines is 1. The van der Waals surface area contributed by atoms with E-state index in [4.69, 9.17) is 16.2 Å². The van der Waals surface area contributed by atoms with Crippen molar-refractivity contribution in [2.75, 3.05) is 19.4 Å². The molecule has 13 heavy (non-hydrogen) atoms. The molecular formula is C9H12N2O2. The summed E-state index contributed by atoms with van der Waals surface area (Å²) >= 11 is 0. The molecule has 0 bridgehead atoms. The summed E-state index contributed by atoms with van der Waals surface area (Å²) in [6, 6.07) is 4.85. The van der Waals surface area contributed by atoms with Crippen LogP contribution in [0.5, 0.6) is 5.75 Å². The molecule has 4 N–H and O–H groups in total. The molecule has 0 saturated heterocycles. The lowest BCUT2D eigenvalue weighted by Crippen LogP contribution is -2.13. The lowest BCUT2D eigenvalue weighted by atomic mass is 10.1. The number of ketones is 1. The predicted octanol–water partition coefficient (Wildman–Crippen LogP) is 0.419. The molecule has 0 amide bonds. The van der Waals surface area contributed by atoms with Gasteiger partial charge in [0.15, 0.2) is 5.78 Å². The normalized spacial score (nSPS) is 9.69. The minimum Gasteiger partial charge on any atom is -0.495 e. The Bertz CT molecular complexity index is 323. The third-order valence-electron chi connectivity index (χ3n) is 1.74. The first-order valence-corrected chi connectivity index (χ1v) is 3.86. The van der Waals surface area contributed by atoms with E-state index in [-0.39, 0.29) is 12.3 Å². The predicted molar refractivity (Wildman–Crippen MR) is 50.8 cm³/mol. The molecule has 0 aliphatic carbocycles. The standard InChI is InChI=1S/C9H12N2O2/c1-13-9-4-6(8(12)5-10)2-3-7(9)11/h2-4H,5,10-11H2,1H3. The van der Waals surface area contributed by atoms with Crippen LogP contribution >= 0.6 is 0 Å². The van der Waals surface area contributed by atoms with Crippen LogP contribution in [0.4, 0.5) is 5.69 Å². The molecule has 0 saturated carbocycles. The molecular weight excluding hydrogens is 168 g/mol. The molecule has 0 heterocycles. The van der Waals surface area contributed by atoms with Gasteiger partial charge in [-0.15, -0.1) is 0 Å². The van der Waals surface area contributed by atoms with Crippen molar-refractivity contribution in [2.45, 2.75) is 0 Å². The maximum atomic E-state index is 11.2. The van der Waals surface area contributed by atoms with Crippen molar-refractivity contribution >= 4 is 11.5 Å². The van der Waals surface area contributed by atoms with Crippen LogP contribution in [0.3, 0.4) is 0 Å². The number of nitrogen functional groups attached to an aromatic ring is 1. The number of carbonyl (C=O) groups excluding carboxylic acids is 1. The third-order valence-corrected chi connectivity index (χ3v) is 1.74. The van der Waals surface area contributed by atoms with Crippen molar-refractivity contribution in [1.82, 2.24) is 0 Å². The summed E-state index contributed by atoms with van der Waals surface area (Å²) in [4.78, 5) is 11.2. The molecule has 0 radical (unpaired) electrons. The van der Waals surface area contributed by atoms with Gasteiger partial charge in [-0.05, 0) is 18.2 Å². The number of carbonyl (C=O) groups is 1. The monoisotopic (exact) mass is 180 g/mol. The number of benzene rings is 1. The second-order valence-electron chi connectivity index (χ2n) is 2.58. The molecule has 70 valence electrons. The fraction of sp³-hybridized carbons (Fsp3) is 0.222. The minimum atomic E-state index is -0.127. The summed E-state index contributed by atoms with van der Waals surface area (Å²) in [5.41, 5.74) is 11.8. The van der Waals surface area contributed by atoms with Crippen molar-refractivity contribution in [3.05, 3.63) is 23.8 Å². The van der Waals surface area contributed by atoms with Crippen LogP contribution in [-0.4, -0.2) is 19.4 Å². The Morgan fingerprint density at radius 2 is 2.23 bits per heavy atom. The van der Waals surface area contributed by atoms with Crippen LogP contribution in [0.15, 0.2) is 18.2 Å². The second kappa shape index (κ2) is 3.91. The van der Waals surface area contributed by atoms with E-state index in [0.29, 0.717) is 17.0 Å². The number of methoxy groups -OCH3 is 1. The molecule has 0 aromatic heterocycles. The first-order chi connectivity index (χ1) is 6.19. The van der Waals surface area contributed by atoms with Crippen LogP contribution in [-0.2, 0) is 0 Å². The van der Waals surface area contributed by atoms with E-state index in [1.807, 2.05) is 0 Å². The highest BCUT2D eigenvalue weighted by Crippen LogP contribution is 2.21. The van der Waals surface area contributed by atoms with Gasteiger partial charge in [0.2, 0.25) is 0 Å². The smallest absolute Gasteiger partial charge is 0.176 e. The zero-order chi connectivity index (χ0) is 9.84. The highest BCUT2D eigenvalue weighted by Gasteiger charge is 2.06. The fourth-order valence-electron chi connectivity index (χ4n) is 1.00. The Hall–Kier alpha value is -1.55. The average molecular weight is 180 g/mol. The second-order valence-corrected chi connectivity index (χ2v) is 2.58. The molecule has 0 aliphatic heterocycles. The molecule has 1 aromatic carbocycles. The third kappa shape index (κ3) is 1.97. The number of rotatable bonds is 3.